The van der Waals surface area contributed by atoms with Gasteiger partial charge in [-0.1, -0.05) is 25.1 Å². The van der Waals surface area contributed by atoms with Crippen molar-refractivity contribution in [1.82, 2.24) is 10.2 Å². The molecule has 0 saturated carbocycles. The first-order valence-electron chi connectivity index (χ1n) is 11.2. The van der Waals surface area contributed by atoms with Gasteiger partial charge in [0.05, 0.1) is 19.1 Å². The molecule has 0 fully saturated rings. The zero-order valence-corrected chi connectivity index (χ0v) is 21.9. The third-order valence-corrected chi connectivity index (χ3v) is 6.31. The number of anilines is 1. The molecule has 0 spiro atoms. The van der Waals surface area contributed by atoms with Gasteiger partial charge in [-0.2, -0.15) is 0 Å². The van der Waals surface area contributed by atoms with Crippen LogP contribution in [-0.4, -0.2) is 56.6 Å². The minimum atomic E-state index is -3.92. The maximum atomic E-state index is 13.8. The van der Waals surface area contributed by atoms with Gasteiger partial charge in [0.25, 0.3) is 0 Å². The van der Waals surface area contributed by atoms with E-state index in [2.05, 4.69) is 5.32 Å². The Labute approximate surface area is 207 Å². The molecule has 8 nitrogen and oxygen atoms in total. The Morgan fingerprint density at radius 2 is 1.74 bits per heavy atom. The number of nitrogens with one attached hydrogen (secondary N) is 1. The van der Waals surface area contributed by atoms with Crippen molar-refractivity contribution in [3.63, 3.8) is 0 Å². The highest BCUT2D eigenvalue weighted by Crippen LogP contribution is 2.21. The molecule has 0 aliphatic rings. The van der Waals surface area contributed by atoms with E-state index >= 15 is 0 Å². The van der Waals surface area contributed by atoms with Gasteiger partial charge in [0.1, 0.15) is 24.2 Å². The molecule has 0 aliphatic carbocycles. The molecule has 10 heteroatoms. The van der Waals surface area contributed by atoms with Gasteiger partial charge in [-0.3, -0.25) is 13.9 Å². The molecule has 0 aromatic heterocycles. The topological polar surface area (TPSA) is 96.0 Å². The van der Waals surface area contributed by atoms with Crippen LogP contribution in [0.5, 0.6) is 5.75 Å². The van der Waals surface area contributed by atoms with Crippen LogP contribution in [0.1, 0.15) is 39.7 Å². The fourth-order valence-corrected chi connectivity index (χ4v) is 4.39. The van der Waals surface area contributed by atoms with E-state index in [0.29, 0.717) is 12.2 Å². The van der Waals surface area contributed by atoms with Crippen molar-refractivity contribution in [3.8, 4) is 5.75 Å². The van der Waals surface area contributed by atoms with Crippen LogP contribution in [-0.2, 0) is 26.2 Å². The number of carbonyl (C=O) groups is 2. The fourth-order valence-electron chi connectivity index (χ4n) is 3.54. The largest absolute Gasteiger partial charge is 0.497 e. The summed E-state index contributed by atoms with van der Waals surface area (Å²) in [5.74, 6) is -0.932. The molecule has 0 aliphatic heterocycles. The lowest BCUT2D eigenvalue weighted by Gasteiger charge is -2.34. The second-order valence-corrected chi connectivity index (χ2v) is 11.2. The number of amides is 2. The van der Waals surface area contributed by atoms with Gasteiger partial charge < -0.3 is 15.0 Å². The van der Waals surface area contributed by atoms with Gasteiger partial charge in [0, 0.05) is 12.1 Å². The summed E-state index contributed by atoms with van der Waals surface area (Å²) in [7, 11) is -2.38. The summed E-state index contributed by atoms with van der Waals surface area (Å²) in [5, 5.41) is 2.90. The average molecular weight is 508 g/mol. The number of methoxy groups -OCH3 is 1. The number of ether oxygens (including phenoxy) is 1. The zero-order valence-electron chi connectivity index (χ0n) is 21.0. The number of hydrogen-bond acceptors (Lipinski definition) is 5. The predicted molar refractivity (Wildman–Crippen MR) is 134 cm³/mol. The van der Waals surface area contributed by atoms with Crippen LogP contribution in [0.4, 0.5) is 10.1 Å². The minimum Gasteiger partial charge on any atom is -0.497 e. The average Bonchev–Trinajstić information content (AvgIpc) is 2.75. The van der Waals surface area contributed by atoms with Crippen molar-refractivity contribution < 1.29 is 27.1 Å². The first kappa shape index (κ1) is 28.1. The maximum absolute atomic E-state index is 13.8. The van der Waals surface area contributed by atoms with Gasteiger partial charge in [0.15, 0.2) is 0 Å². The molecular formula is C25H34FN3O5S. The first-order valence-corrected chi connectivity index (χ1v) is 13.1. The third kappa shape index (κ3) is 8.24. The number of rotatable bonds is 10. The molecule has 0 heterocycles. The number of carbonyl (C=O) groups excluding carboxylic acids is 2. The van der Waals surface area contributed by atoms with Gasteiger partial charge >= 0.3 is 0 Å². The van der Waals surface area contributed by atoms with Gasteiger partial charge in [-0.25, -0.2) is 12.8 Å². The first-order chi connectivity index (χ1) is 16.2. The van der Waals surface area contributed by atoms with Gasteiger partial charge in [0.2, 0.25) is 21.8 Å². The van der Waals surface area contributed by atoms with E-state index in [9.17, 15) is 22.4 Å². The molecule has 0 unspecified atom stereocenters. The van der Waals surface area contributed by atoms with Crippen LogP contribution in [0.15, 0.2) is 48.5 Å². The lowest BCUT2D eigenvalue weighted by atomic mass is 10.1. The smallest absolute Gasteiger partial charge is 0.244 e. The van der Waals surface area contributed by atoms with Crippen LogP contribution < -0.4 is 14.4 Å². The fraction of sp³-hybridized carbons (Fsp3) is 0.440. The van der Waals surface area contributed by atoms with Crippen LogP contribution >= 0.6 is 0 Å². The number of benzene rings is 2. The summed E-state index contributed by atoms with van der Waals surface area (Å²) in [5.41, 5.74) is 0.231. The summed E-state index contributed by atoms with van der Waals surface area (Å²) >= 11 is 0. The number of hydrogen-bond donors (Lipinski definition) is 1. The van der Waals surface area contributed by atoms with E-state index < -0.39 is 39.9 Å². The van der Waals surface area contributed by atoms with Crippen molar-refractivity contribution in [3.05, 3.63) is 59.9 Å². The summed E-state index contributed by atoms with van der Waals surface area (Å²) < 4.78 is 44.9. The SMILES string of the molecule is CC[C@@H](C(=O)NC(C)(C)C)N(Cc1ccc(OC)cc1)C(=O)CN(c1cccc(F)c1)S(C)(=O)=O. The normalized spacial score (nSPS) is 12.5. The molecule has 2 aromatic carbocycles. The predicted octanol–water partition coefficient (Wildman–Crippen LogP) is 3.32. The lowest BCUT2D eigenvalue weighted by molar-refractivity contribution is -0.141. The van der Waals surface area contributed by atoms with Crippen molar-refractivity contribution in [2.24, 2.45) is 0 Å². The Kier molecular flexibility index (Phi) is 9.25. The Hall–Kier alpha value is -3.14. The Morgan fingerprint density at radius 1 is 1.11 bits per heavy atom. The molecule has 2 amide bonds. The van der Waals surface area contributed by atoms with Crippen molar-refractivity contribution in [2.75, 3.05) is 24.2 Å². The Bertz CT molecular complexity index is 1130. The quantitative estimate of drug-likeness (QED) is 0.532. The van der Waals surface area contributed by atoms with E-state index in [-0.39, 0.29) is 18.1 Å². The van der Waals surface area contributed by atoms with Gasteiger partial charge in [-0.05, 0) is 63.1 Å². The minimum absolute atomic E-state index is 0.0254. The summed E-state index contributed by atoms with van der Waals surface area (Å²) in [4.78, 5) is 28.1. The second kappa shape index (κ2) is 11.5. The number of sulfonamides is 1. The highest BCUT2D eigenvalue weighted by molar-refractivity contribution is 7.92. The van der Waals surface area contributed by atoms with E-state index in [1.165, 1.54) is 23.1 Å². The van der Waals surface area contributed by atoms with E-state index in [1.807, 2.05) is 20.8 Å². The van der Waals surface area contributed by atoms with E-state index in [4.69, 9.17) is 4.74 Å². The molecule has 192 valence electrons. The second-order valence-electron chi connectivity index (χ2n) is 9.28. The monoisotopic (exact) mass is 507 g/mol. The van der Waals surface area contributed by atoms with Crippen LogP contribution in [0.2, 0.25) is 0 Å². The lowest BCUT2D eigenvalue weighted by Crippen LogP contribution is -2.55. The van der Waals surface area contributed by atoms with Crippen LogP contribution in [0, 0.1) is 5.82 Å². The molecule has 0 bridgehead atoms. The Balaban J connectivity index is 2.45. The molecule has 0 radical (unpaired) electrons. The number of halogens is 1. The molecule has 1 N–H and O–H groups in total. The molecule has 2 rings (SSSR count). The third-order valence-electron chi connectivity index (χ3n) is 5.17. The molecule has 35 heavy (non-hydrogen) atoms. The summed E-state index contributed by atoms with van der Waals surface area (Å²) in [6, 6.07) is 11.2. The molecule has 0 saturated heterocycles. The van der Waals surface area contributed by atoms with Crippen molar-refractivity contribution >= 4 is 27.5 Å². The van der Waals surface area contributed by atoms with Gasteiger partial charge in [-0.15, -0.1) is 0 Å². The van der Waals surface area contributed by atoms with Crippen LogP contribution in [0.3, 0.4) is 0 Å². The summed E-state index contributed by atoms with van der Waals surface area (Å²) in [6.45, 7) is 6.77. The van der Waals surface area contributed by atoms with E-state index in [0.717, 1.165) is 22.2 Å². The number of nitrogens with zero attached hydrogens (tertiary/aromatic N) is 2. The molecular weight excluding hydrogens is 473 g/mol. The van der Waals surface area contributed by atoms with E-state index in [1.54, 1.807) is 38.3 Å². The maximum Gasteiger partial charge on any atom is 0.244 e. The highest BCUT2D eigenvalue weighted by atomic mass is 32.2. The van der Waals surface area contributed by atoms with Crippen molar-refractivity contribution in [2.45, 2.75) is 52.2 Å². The summed E-state index contributed by atoms with van der Waals surface area (Å²) in [6.07, 6.45) is 1.26. The van der Waals surface area contributed by atoms with Crippen LogP contribution in [0.25, 0.3) is 0 Å². The standard InChI is InChI=1S/C25H34FN3O5S/c1-7-22(24(31)27-25(2,3)4)28(16-18-11-13-21(34-5)14-12-18)23(30)17-29(35(6,32)33)20-10-8-9-19(26)15-20/h8-15,22H,7,16-17H2,1-6H3,(H,27,31)/t22-/m0/s1. The highest BCUT2D eigenvalue weighted by Gasteiger charge is 2.33. The Morgan fingerprint density at radius 3 is 2.23 bits per heavy atom. The van der Waals surface area contributed by atoms with Crippen molar-refractivity contribution in [1.29, 1.82) is 0 Å². The molecule has 1 atom stereocenters. The molecule has 2 aromatic rings. The zero-order chi connectivity index (χ0) is 26.4.